The summed E-state index contributed by atoms with van der Waals surface area (Å²) < 4.78 is 0. The van der Waals surface area contributed by atoms with Crippen LogP contribution in [-0.4, -0.2) is 46.8 Å². The fourth-order valence-electron chi connectivity index (χ4n) is 6.94. The zero-order valence-electron chi connectivity index (χ0n) is 34.7. The van der Waals surface area contributed by atoms with Gasteiger partial charge in [0.05, 0.1) is 6.04 Å². The highest BCUT2D eigenvalue weighted by Gasteiger charge is 2.36. The Morgan fingerprint density at radius 2 is 1.06 bits per heavy atom. The Morgan fingerprint density at radius 3 is 1.46 bits per heavy atom. The molecule has 1 saturated carbocycles. The second kappa shape index (κ2) is 34.7. The lowest BCUT2D eigenvalue weighted by Crippen LogP contribution is -2.39. The molecule has 8 nitrogen and oxygen atoms in total. The van der Waals surface area contributed by atoms with E-state index in [1.165, 1.54) is 141 Å². The number of hydrogen-bond acceptors (Lipinski definition) is 5. The first kappa shape index (κ1) is 49.3. The minimum absolute atomic E-state index is 0.0769. The summed E-state index contributed by atoms with van der Waals surface area (Å²) in [6.45, 7) is 4.54. The van der Waals surface area contributed by atoms with Crippen LogP contribution in [0.15, 0.2) is 30.3 Å². The number of benzene rings is 1. The number of hydrogen-bond donors (Lipinski definition) is 4. The van der Waals surface area contributed by atoms with Crippen molar-refractivity contribution >= 4 is 23.6 Å². The van der Waals surface area contributed by atoms with Crippen LogP contribution >= 0.6 is 0 Å². The van der Waals surface area contributed by atoms with Gasteiger partial charge in [-0.3, -0.25) is 19.2 Å². The van der Waals surface area contributed by atoms with Gasteiger partial charge in [-0.1, -0.05) is 205 Å². The first-order chi connectivity index (χ1) is 26.3. The number of unbranched alkanes of at least 4 members (excludes halogenated alkanes) is 24. The molecule has 0 aromatic heterocycles. The standard InChI is InChI=1S/C37H70N2O3.C9H11NO2/c1-3-5-7-9-11-13-15-17-19-21-23-25-27-29-33(31-37(42)39-34-32-35(34)40)38-36(41)30-28-26-24-22-20-18-16-14-12-10-8-6-4-2;10-8(9(11)12)6-7-4-2-1-3-5-7/h33-34H,3-32H2,1-2H3,(H,38,41)(H,39,42);1-5,8H,6,10H2,(H,11,12)/t;8-/m.0/s1. The van der Waals surface area contributed by atoms with Crippen molar-refractivity contribution in [2.24, 2.45) is 5.73 Å². The largest absolute Gasteiger partial charge is 0.480 e. The summed E-state index contributed by atoms with van der Waals surface area (Å²) in [6, 6.07) is 8.14. The van der Waals surface area contributed by atoms with E-state index in [0.717, 1.165) is 37.7 Å². The number of nitrogens with one attached hydrogen (secondary N) is 2. The molecule has 2 unspecified atom stereocenters. The summed E-state index contributed by atoms with van der Waals surface area (Å²) in [5, 5.41) is 14.5. The van der Waals surface area contributed by atoms with E-state index in [9.17, 15) is 19.2 Å². The lowest BCUT2D eigenvalue weighted by atomic mass is 10.0. The predicted octanol–water partition coefficient (Wildman–Crippen LogP) is 10.9. The van der Waals surface area contributed by atoms with E-state index in [-0.39, 0.29) is 36.1 Å². The number of amides is 2. The van der Waals surface area contributed by atoms with Gasteiger partial charge in [0.2, 0.25) is 11.8 Å². The average molecular weight is 756 g/mol. The smallest absolute Gasteiger partial charge is 0.320 e. The molecule has 1 aliphatic carbocycles. The maximum atomic E-state index is 12.7. The Labute approximate surface area is 330 Å². The third-order valence-corrected chi connectivity index (χ3v) is 10.5. The van der Waals surface area contributed by atoms with Gasteiger partial charge in [-0.05, 0) is 24.8 Å². The van der Waals surface area contributed by atoms with E-state index in [0.29, 0.717) is 19.3 Å². The quantitative estimate of drug-likeness (QED) is 0.0509. The van der Waals surface area contributed by atoms with Gasteiger partial charge in [0.1, 0.15) is 6.04 Å². The molecule has 3 atom stereocenters. The highest BCUT2D eigenvalue weighted by atomic mass is 16.4. The molecular formula is C46H81N3O5. The Bertz CT molecular complexity index is 1080. The van der Waals surface area contributed by atoms with E-state index < -0.39 is 12.0 Å². The number of carbonyl (C=O) groups excluding carboxylic acids is 3. The van der Waals surface area contributed by atoms with Crippen LogP contribution in [0.5, 0.6) is 0 Å². The van der Waals surface area contributed by atoms with Gasteiger partial charge in [-0.15, -0.1) is 0 Å². The zero-order valence-corrected chi connectivity index (χ0v) is 34.7. The van der Waals surface area contributed by atoms with Gasteiger partial charge < -0.3 is 21.5 Å². The topological polar surface area (TPSA) is 139 Å². The number of rotatable bonds is 35. The van der Waals surface area contributed by atoms with Gasteiger partial charge in [-0.2, -0.15) is 0 Å². The number of Topliss-reactive ketones (excluding diaryl/α,β-unsaturated/α-hetero) is 1. The van der Waals surface area contributed by atoms with Crippen molar-refractivity contribution in [3.05, 3.63) is 35.9 Å². The number of carboxylic acids is 1. The molecule has 0 heterocycles. The SMILES string of the molecule is CCCCCCCCCCCCCCCC(=O)NC(CCCCCCCCCCCCCCC)CC(=O)NC1CC1=O.N[C@@H](Cc1ccccc1)C(=O)O. The molecule has 0 aliphatic heterocycles. The van der Waals surface area contributed by atoms with Gasteiger partial charge >= 0.3 is 5.97 Å². The molecule has 2 amide bonds. The normalized spacial score (nSPS) is 14.5. The third kappa shape index (κ3) is 30.6. The van der Waals surface area contributed by atoms with Crippen LogP contribution in [0.1, 0.15) is 212 Å². The van der Waals surface area contributed by atoms with E-state index in [1.54, 1.807) is 0 Å². The fourth-order valence-corrected chi connectivity index (χ4v) is 6.94. The Kier molecular flexibility index (Phi) is 31.7. The Hall–Kier alpha value is -2.74. The van der Waals surface area contributed by atoms with Crippen molar-refractivity contribution in [3.63, 3.8) is 0 Å². The van der Waals surface area contributed by atoms with Crippen LogP contribution in [-0.2, 0) is 25.6 Å². The average Bonchev–Trinajstić information content (AvgIpc) is 3.85. The zero-order chi connectivity index (χ0) is 39.5. The Morgan fingerprint density at radius 1 is 0.648 bits per heavy atom. The molecule has 310 valence electrons. The van der Waals surface area contributed by atoms with E-state index in [1.807, 2.05) is 30.3 Å². The highest BCUT2D eigenvalue weighted by molar-refractivity contribution is 6.02. The summed E-state index contributed by atoms with van der Waals surface area (Å²) in [6.07, 6.45) is 36.5. The minimum atomic E-state index is -0.959. The first-order valence-corrected chi connectivity index (χ1v) is 22.4. The summed E-state index contributed by atoms with van der Waals surface area (Å²) in [7, 11) is 0. The molecule has 0 radical (unpaired) electrons. The molecule has 8 heteroatoms. The number of carbonyl (C=O) groups is 4. The first-order valence-electron chi connectivity index (χ1n) is 22.4. The summed E-state index contributed by atoms with van der Waals surface area (Å²) in [5.41, 5.74) is 6.30. The van der Waals surface area contributed by atoms with Crippen molar-refractivity contribution in [1.82, 2.24) is 10.6 Å². The molecule has 5 N–H and O–H groups in total. The lowest BCUT2D eigenvalue weighted by molar-refractivity contribution is -0.138. The molecule has 0 bridgehead atoms. The maximum Gasteiger partial charge on any atom is 0.320 e. The molecule has 0 saturated heterocycles. The van der Waals surface area contributed by atoms with Crippen LogP contribution in [0.4, 0.5) is 0 Å². The summed E-state index contributed by atoms with van der Waals surface area (Å²) in [4.78, 5) is 46.8. The van der Waals surface area contributed by atoms with E-state index in [2.05, 4.69) is 24.5 Å². The van der Waals surface area contributed by atoms with Crippen molar-refractivity contribution in [3.8, 4) is 0 Å². The Balaban J connectivity index is 0.00000102. The molecule has 1 aromatic carbocycles. The maximum absolute atomic E-state index is 12.7. The van der Waals surface area contributed by atoms with Crippen molar-refractivity contribution in [1.29, 1.82) is 0 Å². The van der Waals surface area contributed by atoms with Crippen LogP contribution in [0.25, 0.3) is 0 Å². The number of aliphatic carboxylic acids is 1. The van der Waals surface area contributed by atoms with Gasteiger partial charge in [0.15, 0.2) is 5.78 Å². The van der Waals surface area contributed by atoms with Crippen LogP contribution in [0.2, 0.25) is 0 Å². The summed E-state index contributed by atoms with van der Waals surface area (Å²) in [5.74, 6) is -0.874. The molecule has 1 aromatic rings. The van der Waals surface area contributed by atoms with Gasteiger partial charge in [-0.25, -0.2) is 0 Å². The van der Waals surface area contributed by atoms with Crippen LogP contribution < -0.4 is 16.4 Å². The number of ketones is 1. The number of carboxylic acid groups (broad SMARTS) is 1. The number of nitrogens with two attached hydrogens (primary N) is 1. The highest BCUT2D eigenvalue weighted by Crippen LogP contribution is 2.17. The predicted molar refractivity (Wildman–Crippen MR) is 224 cm³/mol. The molecule has 1 fully saturated rings. The van der Waals surface area contributed by atoms with Crippen LogP contribution in [0.3, 0.4) is 0 Å². The van der Waals surface area contributed by atoms with Crippen LogP contribution in [0, 0.1) is 0 Å². The third-order valence-electron chi connectivity index (χ3n) is 10.5. The molecule has 1 aliphatic rings. The molecule has 54 heavy (non-hydrogen) atoms. The second-order valence-corrected chi connectivity index (χ2v) is 15.9. The summed E-state index contributed by atoms with van der Waals surface area (Å²) >= 11 is 0. The lowest BCUT2D eigenvalue weighted by Gasteiger charge is -2.18. The molecule has 0 spiro atoms. The molecular weight excluding hydrogens is 675 g/mol. The fraction of sp³-hybridized carbons (Fsp3) is 0.783. The van der Waals surface area contributed by atoms with Gasteiger partial charge in [0.25, 0.3) is 0 Å². The van der Waals surface area contributed by atoms with E-state index >= 15 is 0 Å². The van der Waals surface area contributed by atoms with E-state index in [4.69, 9.17) is 10.8 Å². The monoisotopic (exact) mass is 756 g/mol. The second-order valence-electron chi connectivity index (χ2n) is 15.9. The van der Waals surface area contributed by atoms with Crippen molar-refractivity contribution < 1.29 is 24.3 Å². The van der Waals surface area contributed by atoms with Gasteiger partial charge in [0, 0.05) is 25.3 Å². The minimum Gasteiger partial charge on any atom is -0.480 e. The molecule has 2 rings (SSSR count). The van der Waals surface area contributed by atoms with Crippen molar-refractivity contribution in [2.75, 3.05) is 0 Å². The van der Waals surface area contributed by atoms with Crippen molar-refractivity contribution in [2.45, 2.75) is 231 Å².